The van der Waals surface area contributed by atoms with Crippen LogP contribution >= 0.6 is 11.8 Å². The first-order valence-electron chi connectivity index (χ1n) is 15.3. The van der Waals surface area contributed by atoms with Gasteiger partial charge in [-0.15, -0.1) is 0 Å². The maximum absolute atomic E-state index is 13.6. The Kier molecular flexibility index (Phi) is 16.1. The molecule has 2 aromatic rings. The summed E-state index contributed by atoms with van der Waals surface area (Å²) in [5.41, 5.74) is 4.29. The van der Waals surface area contributed by atoms with E-state index in [1.54, 1.807) is 18.9 Å². The molecule has 0 saturated heterocycles. The monoisotopic (exact) mass is 615 g/mol. The van der Waals surface area contributed by atoms with Crippen molar-refractivity contribution in [2.75, 3.05) is 52.8 Å². The summed E-state index contributed by atoms with van der Waals surface area (Å²) in [6.45, 7) is 4.11. The van der Waals surface area contributed by atoms with E-state index < -0.39 is 12.0 Å². The van der Waals surface area contributed by atoms with Crippen molar-refractivity contribution in [3.63, 3.8) is 0 Å². The first-order chi connectivity index (χ1) is 21.0. The molecule has 43 heavy (non-hydrogen) atoms. The van der Waals surface area contributed by atoms with E-state index in [4.69, 9.17) is 23.7 Å². The second kappa shape index (κ2) is 19.8. The number of ether oxygens (including phenoxy) is 5. The minimum absolute atomic E-state index is 0.0590. The van der Waals surface area contributed by atoms with Crippen LogP contribution in [0, 0.1) is 12.8 Å². The number of nitrogens with one attached hydrogen (secondary N) is 1. The third-order valence-corrected chi connectivity index (χ3v) is 8.52. The van der Waals surface area contributed by atoms with Crippen molar-refractivity contribution < 1.29 is 33.3 Å². The van der Waals surface area contributed by atoms with Gasteiger partial charge in [0.2, 0.25) is 0 Å². The van der Waals surface area contributed by atoms with Crippen LogP contribution in [0.5, 0.6) is 0 Å². The Morgan fingerprint density at radius 2 is 1.79 bits per heavy atom. The molecule has 0 spiro atoms. The van der Waals surface area contributed by atoms with Gasteiger partial charge in [0.05, 0.1) is 39.6 Å². The zero-order chi connectivity index (χ0) is 30.9. The molecule has 1 amide bonds. The second-order valence-corrected chi connectivity index (χ2v) is 12.1. The lowest BCUT2D eigenvalue weighted by Gasteiger charge is -2.27. The molecular weight excluding hydrogens is 566 g/mol. The van der Waals surface area contributed by atoms with Gasteiger partial charge in [0.25, 0.3) is 5.91 Å². The summed E-state index contributed by atoms with van der Waals surface area (Å²) >= 11 is 1.62. The molecular formula is C34H49NO7S. The number of hydrogen-bond donors (Lipinski definition) is 1. The predicted molar refractivity (Wildman–Crippen MR) is 171 cm³/mol. The van der Waals surface area contributed by atoms with Crippen LogP contribution in [0.4, 0.5) is 0 Å². The summed E-state index contributed by atoms with van der Waals surface area (Å²) in [5, 5.41) is 2.91. The molecule has 0 heterocycles. The first kappa shape index (κ1) is 35.1. The van der Waals surface area contributed by atoms with Crippen molar-refractivity contribution in [1.29, 1.82) is 0 Å². The quantitative estimate of drug-likeness (QED) is 0.114. The summed E-state index contributed by atoms with van der Waals surface area (Å²) in [6, 6.07) is 13.1. The average molecular weight is 616 g/mol. The van der Waals surface area contributed by atoms with Crippen molar-refractivity contribution >= 4 is 23.6 Å². The highest BCUT2D eigenvalue weighted by molar-refractivity contribution is 7.98. The molecule has 2 aromatic carbocycles. The van der Waals surface area contributed by atoms with Crippen molar-refractivity contribution in [3.8, 4) is 11.1 Å². The van der Waals surface area contributed by atoms with E-state index in [9.17, 15) is 9.59 Å². The molecule has 238 valence electrons. The van der Waals surface area contributed by atoms with Gasteiger partial charge in [0, 0.05) is 12.7 Å². The zero-order valence-corrected chi connectivity index (χ0v) is 27.0. The van der Waals surface area contributed by atoms with E-state index in [1.165, 1.54) is 39.2 Å². The number of aryl methyl sites for hydroxylation is 1. The highest BCUT2D eigenvalue weighted by Gasteiger charge is 2.24. The van der Waals surface area contributed by atoms with Gasteiger partial charge in [-0.1, -0.05) is 62.4 Å². The largest absolute Gasteiger partial charge is 0.467 e. The Bertz CT molecular complexity index is 1120. The van der Waals surface area contributed by atoms with Crippen LogP contribution in [0.15, 0.2) is 42.5 Å². The van der Waals surface area contributed by atoms with Gasteiger partial charge in [0.15, 0.2) is 0 Å². The number of carbonyl (C=O) groups excluding carboxylic acids is 2. The van der Waals surface area contributed by atoms with Gasteiger partial charge < -0.3 is 29.0 Å². The lowest BCUT2D eigenvalue weighted by atomic mass is 9.85. The number of methoxy groups -OCH3 is 2. The van der Waals surface area contributed by atoms with Crippen LogP contribution in [0.2, 0.25) is 0 Å². The highest BCUT2D eigenvalue weighted by atomic mass is 32.2. The molecule has 1 N–H and O–H groups in total. The summed E-state index contributed by atoms with van der Waals surface area (Å²) in [4.78, 5) is 26.0. The first-order valence-corrected chi connectivity index (χ1v) is 16.7. The Balaban J connectivity index is 1.78. The second-order valence-electron chi connectivity index (χ2n) is 11.1. The van der Waals surface area contributed by atoms with E-state index in [0.29, 0.717) is 44.3 Å². The summed E-state index contributed by atoms with van der Waals surface area (Å²) in [6.07, 6.45) is 9.68. The number of esters is 1. The van der Waals surface area contributed by atoms with E-state index in [-0.39, 0.29) is 18.8 Å². The molecule has 0 unspecified atom stereocenters. The molecule has 0 aromatic heterocycles. The third-order valence-electron chi connectivity index (χ3n) is 7.87. The smallest absolute Gasteiger partial charge is 0.328 e. The molecule has 1 aliphatic carbocycles. The van der Waals surface area contributed by atoms with Crippen LogP contribution in [-0.4, -0.2) is 76.9 Å². The fourth-order valence-corrected chi connectivity index (χ4v) is 5.94. The number of thioether (sulfide) groups is 1. The Morgan fingerprint density at radius 1 is 1.00 bits per heavy atom. The van der Waals surface area contributed by atoms with Gasteiger partial charge in [0.1, 0.15) is 12.8 Å². The number of amides is 1. The SMILES string of the molecule is COCCOCOC[C@H](CC1CCCCC1)OCc1ccc(C(=O)N[C@@H](CCSC)C(=O)OC)c(-c2ccccc2C)c1. The fourth-order valence-electron chi connectivity index (χ4n) is 5.47. The van der Waals surface area contributed by atoms with E-state index >= 15 is 0 Å². The average Bonchev–Trinajstić information content (AvgIpc) is 3.03. The number of carbonyl (C=O) groups is 2. The Morgan fingerprint density at radius 3 is 2.51 bits per heavy atom. The molecule has 2 atom stereocenters. The molecule has 1 fully saturated rings. The molecule has 8 nitrogen and oxygen atoms in total. The van der Waals surface area contributed by atoms with Gasteiger partial charge in [-0.2, -0.15) is 11.8 Å². The standard InChI is InChI=1S/C34H49NO7S/c1-25-10-8-9-13-29(25)31-21-27(14-15-30(31)33(36)35-32(16-19-43-4)34(37)39-3)22-42-28(20-26-11-6-5-7-12-26)23-41-24-40-18-17-38-2/h8-10,13-15,21,26,28,32H,5-7,11-12,16-20,22-24H2,1-4H3,(H,35,36)/t28-,32-/m0/s1. The van der Waals surface area contributed by atoms with Crippen molar-refractivity contribution in [1.82, 2.24) is 5.32 Å². The lowest BCUT2D eigenvalue weighted by Crippen LogP contribution is -2.42. The van der Waals surface area contributed by atoms with Crippen molar-refractivity contribution in [3.05, 3.63) is 59.2 Å². The summed E-state index contributed by atoms with van der Waals surface area (Å²) < 4.78 is 27.8. The summed E-state index contributed by atoms with van der Waals surface area (Å²) in [5.74, 6) is 0.616. The van der Waals surface area contributed by atoms with Crippen LogP contribution in [0.25, 0.3) is 11.1 Å². The van der Waals surface area contributed by atoms with Crippen molar-refractivity contribution in [2.24, 2.45) is 5.92 Å². The van der Waals surface area contributed by atoms with Crippen LogP contribution in [0.1, 0.15) is 66.4 Å². The van der Waals surface area contributed by atoms with Crippen molar-refractivity contribution in [2.45, 2.75) is 70.6 Å². The van der Waals surface area contributed by atoms with Gasteiger partial charge in [-0.3, -0.25) is 4.79 Å². The molecule has 0 aliphatic heterocycles. The van der Waals surface area contributed by atoms with Crippen LogP contribution in [-0.2, 0) is 35.1 Å². The molecule has 9 heteroatoms. The maximum Gasteiger partial charge on any atom is 0.328 e. The number of hydrogen-bond acceptors (Lipinski definition) is 8. The molecule has 0 bridgehead atoms. The van der Waals surface area contributed by atoms with Gasteiger partial charge in [-0.05, 0) is 72.1 Å². The normalized spacial score (nSPS) is 15.2. The number of benzene rings is 2. The fraction of sp³-hybridized carbons (Fsp3) is 0.588. The number of rotatable bonds is 19. The summed E-state index contributed by atoms with van der Waals surface area (Å²) in [7, 11) is 2.99. The van der Waals surface area contributed by atoms with Crippen LogP contribution in [0.3, 0.4) is 0 Å². The zero-order valence-electron chi connectivity index (χ0n) is 26.2. The molecule has 1 saturated carbocycles. The molecule has 0 radical (unpaired) electrons. The van der Waals surface area contributed by atoms with Gasteiger partial charge in [-0.25, -0.2) is 4.79 Å². The minimum Gasteiger partial charge on any atom is -0.467 e. The van der Waals surface area contributed by atoms with E-state index in [1.807, 2.05) is 55.6 Å². The third kappa shape index (κ3) is 11.9. The van der Waals surface area contributed by atoms with Crippen LogP contribution < -0.4 is 5.32 Å². The highest BCUT2D eigenvalue weighted by Crippen LogP contribution is 2.31. The predicted octanol–water partition coefficient (Wildman–Crippen LogP) is 6.18. The molecule has 1 aliphatic rings. The minimum atomic E-state index is -0.711. The Labute approximate surface area is 261 Å². The van der Waals surface area contributed by atoms with E-state index in [2.05, 4.69) is 5.32 Å². The lowest BCUT2D eigenvalue weighted by molar-refractivity contribution is -0.142. The van der Waals surface area contributed by atoms with Gasteiger partial charge >= 0.3 is 5.97 Å². The molecule has 3 rings (SSSR count). The maximum atomic E-state index is 13.6. The topological polar surface area (TPSA) is 92.3 Å². The van der Waals surface area contributed by atoms with E-state index in [0.717, 1.165) is 34.4 Å². The Hall–Kier alpha value is -2.43.